The van der Waals surface area contributed by atoms with Gasteiger partial charge < -0.3 is 9.84 Å². The highest BCUT2D eigenvalue weighted by molar-refractivity contribution is 5.85. The molecular formula is C14H17FO3. The second kappa shape index (κ2) is 6.79. The van der Waals surface area contributed by atoms with E-state index in [9.17, 15) is 9.18 Å². The molecule has 18 heavy (non-hydrogen) atoms. The highest BCUT2D eigenvalue weighted by Gasteiger charge is 2.04. The van der Waals surface area contributed by atoms with Crippen LogP contribution in [0.3, 0.4) is 0 Å². The van der Waals surface area contributed by atoms with Crippen LogP contribution in [0.5, 0.6) is 5.75 Å². The Kier molecular flexibility index (Phi) is 5.36. The average Bonchev–Trinajstić information content (AvgIpc) is 2.28. The Morgan fingerprint density at radius 1 is 1.50 bits per heavy atom. The minimum atomic E-state index is -1.06. The van der Waals surface area contributed by atoms with Gasteiger partial charge in [0, 0.05) is 6.08 Å². The summed E-state index contributed by atoms with van der Waals surface area (Å²) in [5.41, 5.74) is 0.492. The van der Waals surface area contributed by atoms with Gasteiger partial charge in [0.05, 0.1) is 6.61 Å². The number of aliphatic carboxylic acids is 1. The maximum Gasteiger partial charge on any atom is 0.328 e. The van der Waals surface area contributed by atoms with E-state index in [-0.39, 0.29) is 5.75 Å². The number of carboxylic acid groups (broad SMARTS) is 1. The SMILES string of the molecule is CC(C)CCOc1ccc(/C=C/C(=O)O)cc1F. The minimum Gasteiger partial charge on any atom is -0.491 e. The largest absolute Gasteiger partial charge is 0.491 e. The topological polar surface area (TPSA) is 46.5 Å². The molecule has 3 nitrogen and oxygen atoms in total. The number of hydrogen-bond donors (Lipinski definition) is 1. The van der Waals surface area contributed by atoms with Crippen molar-refractivity contribution < 1.29 is 19.0 Å². The van der Waals surface area contributed by atoms with Gasteiger partial charge in [-0.05, 0) is 36.1 Å². The van der Waals surface area contributed by atoms with Gasteiger partial charge in [-0.1, -0.05) is 19.9 Å². The van der Waals surface area contributed by atoms with Crippen LogP contribution in [0.1, 0.15) is 25.8 Å². The number of halogens is 1. The van der Waals surface area contributed by atoms with Crippen LogP contribution in [0.2, 0.25) is 0 Å². The van der Waals surface area contributed by atoms with Gasteiger partial charge in [-0.15, -0.1) is 0 Å². The Morgan fingerprint density at radius 2 is 2.22 bits per heavy atom. The van der Waals surface area contributed by atoms with E-state index in [0.717, 1.165) is 12.5 Å². The fraction of sp³-hybridized carbons (Fsp3) is 0.357. The standard InChI is InChI=1S/C14H17FO3/c1-10(2)7-8-18-13-5-3-11(9-12(13)15)4-6-14(16)17/h3-6,9-10H,7-8H2,1-2H3,(H,16,17)/b6-4+. The summed E-state index contributed by atoms with van der Waals surface area (Å²) in [4.78, 5) is 10.3. The maximum absolute atomic E-state index is 13.6. The van der Waals surface area contributed by atoms with E-state index in [2.05, 4.69) is 13.8 Å². The summed E-state index contributed by atoms with van der Waals surface area (Å²) in [6.45, 7) is 4.61. The molecule has 1 rings (SSSR count). The highest BCUT2D eigenvalue weighted by atomic mass is 19.1. The minimum absolute atomic E-state index is 0.197. The molecule has 0 aliphatic rings. The van der Waals surface area contributed by atoms with Crippen LogP contribution in [-0.2, 0) is 4.79 Å². The molecule has 0 radical (unpaired) electrons. The average molecular weight is 252 g/mol. The predicted octanol–water partition coefficient (Wildman–Crippen LogP) is 3.35. The molecule has 0 aliphatic carbocycles. The molecule has 0 unspecified atom stereocenters. The molecule has 0 saturated carbocycles. The molecule has 0 aliphatic heterocycles. The van der Waals surface area contributed by atoms with Gasteiger partial charge in [0.1, 0.15) is 0 Å². The zero-order valence-electron chi connectivity index (χ0n) is 10.5. The smallest absolute Gasteiger partial charge is 0.328 e. The van der Waals surface area contributed by atoms with E-state index < -0.39 is 11.8 Å². The van der Waals surface area contributed by atoms with Crippen molar-refractivity contribution in [2.75, 3.05) is 6.61 Å². The number of rotatable bonds is 6. The van der Waals surface area contributed by atoms with E-state index in [1.54, 1.807) is 6.07 Å². The highest BCUT2D eigenvalue weighted by Crippen LogP contribution is 2.19. The Bertz CT molecular complexity index is 439. The number of carbonyl (C=O) groups is 1. The van der Waals surface area contributed by atoms with Crippen molar-refractivity contribution in [1.29, 1.82) is 0 Å². The second-order valence-corrected chi connectivity index (χ2v) is 4.39. The van der Waals surface area contributed by atoms with Gasteiger partial charge in [-0.25, -0.2) is 9.18 Å². The van der Waals surface area contributed by atoms with Crippen molar-refractivity contribution in [3.05, 3.63) is 35.7 Å². The molecule has 0 amide bonds. The third kappa shape index (κ3) is 4.99. The summed E-state index contributed by atoms with van der Waals surface area (Å²) in [5, 5.41) is 8.46. The maximum atomic E-state index is 13.6. The van der Waals surface area contributed by atoms with Gasteiger partial charge in [-0.2, -0.15) is 0 Å². The first kappa shape index (κ1) is 14.2. The quantitative estimate of drug-likeness (QED) is 0.790. The predicted molar refractivity (Wildman–Crippen MR) is 68.0 cm³/mol. The van der Waals surface area contributed by atoms with Gasteiger partial charge >= 0.3 is 5.97 Å². The summed E-state index contributed by atoms with van der Waals surface area (Å²) in [6, 6.07) is 4.38. The molecular weight excluding hydrogens is 235 g/mol. The van der Waals surface area contributed by atoms with Gasteiger partial charge in [0.25, 0.3) is 0 Å². The fourth-order valence-electron chi connectivity index (χ4n) is 1.31. The molecule has 0 aromatic heterocycles. The monoisotopic (exact) mass is 252 g/mol. The van der Waals surface area contributed by atoms with Crippen LogP contribution in [0, 0.1) is 11.7 Å². The molecule has 0 heterocycles. The van der Waals surface area contributed by atoms with Gasteiger partial charge in [0.2, 0.25) is 0 Å². The summed E-state index contributed by atoms with van der Waals surface area (Å²) >= 11 is 0. The lowest BCUT2D eigenvalue weighted by molar-refractivity contribution is -0.131. The molecule has 0 bridgehead atoms. The van der Waals surface area contributed by atoms with E-state index in [0.29, 0.717) is 18.1 Å². The molecule has 0 saturated heterocycles. The summed E-state index contributed by atoms with van der Waals surface area (Å²) in [6.07, 6.45) is 3.16. The normalized spacial score (nSPS) is 11.1. The number of ether oxygens (including phenoxy) is 1. The van der Waals surface area contributed by atoms with Crippen molar-refractivity contribution in [1.82, 2.24) is 0 Å². The van der Waals surface area contributed by atoms with Crippen molar-refractivity contribution in [3.63, 3.8) is 0 Å². The first-order valence-corrected chi connectivity index (χ1v) is 5.82. The number of benzene rings is 1. The van der Waals surface area contributed by atoms with Crippen LogP contribution in [0.25, 0.3) is 6.08 Å². The molecule has 1 aromatic carbocycles. The van der Waals surface area contributed by atoms with Gasteiger partial charge in [0.15, 0.2) is 11.6 Å². The molecule has 1 N–H and O–H groups in total. The van der Waals surface area contributed by atoms with Crippen LogP contribution in [0.4, 0.5) is 4.39 Å². The zero-order valence-corrected chi connectivity index (χ0v) is 10.5. The number of hydrogen-bond acceptors (Lipinski definition) is 2. The van der Waals surface area contributed by atoms with Crippen molar-refractivity contribution in [3.8, 4) is 5.75 Å². The van der Waals surface area contributed by atoms with Crippen molar-refractivity contribution >= 4 is 12.0 Å². The van der Waals surface area contributed by atoms with Gasteiger partial charge in [-0.3, -0.25) is 0 Å². The molecule has 98 valence electrons. The molecule has 0 fully saturated rings. The second-order valence-electron chi connectivity index (χ2n) is 4.39. The first-order chi connectivity index (χ1) is 8.49. The number of carboxylic acids is 1. The third-order valence-electron chi connectivity index (χ3n) is 2.33. The lowest BCUT2D eigenvalue weighted by Gasteiger charge is -2.09. The summed E-state index contributed by atoms with van der Waals surface area (Å²) in [5.74, 6) is -0.840. The van der Waals surface area contributed by atoms with E-state index >= 15 is 0 Å². The Balaban J connectivity index is 2.65. The van der Waals surface area contributed by atoms with Crippen LogP contribution < -0.4 is 4.74 Å². The van der Waals surface area contributed by atoms with E-state index in [4.69, 9.17) is 9.84 Å². The van der Waals surface area contributed by atoms with E-state index in [1.165, 1.54) is 18.2 Å². The van der Waals surface area contributed by atoms with Crippen molar-refractivity contribution in [2.24, 2.45) is 5.92 Å². The third-order valence-corrected chi connectivity index (χ3v) is 2.33. The van der Waals surface area contributed by atoms with Crippen LogP contribution in [-0.4, -0.2) is 17.7 Å². The molecule has 0 spiro atoms. The Hall–Kier alpha value is -1.84. The lowest BCUT2D eigenvalue weighted by atomic mass is 10.1. The van der Waals surface area contributed by atoms with Crippen LogP contribution >= 0.6 is 0 Å². The lowest BCUT2D eigenvalue weighted by Crippen LogP contribution is -2.02. The van der Waals surface area contributed by atoms with E-state index in [1.807, 2.05) is 0 Å². The first-order valence-electron chi connectivity index (χ1n) is 5.82. The summed E-state index contributed by atoms with van der Waals surface area (Å²) in [7, 11) is 0. The zero-order chi connectivity index (χ0) is 13.5. The molecule has 0 atom stereocenters. The Morgan fingerprint density at radius 3 is 2.78 bits per heavy atom. The van der Waals surface area contributed by atoms with Crippen LogP contribution in [0.15, 0.2) is 24.3 Å². The Labute approximate surface area is 106 Å². The van der Waals surface area contributed by atoms with Crippen molar-refractivity contribution in [2.45, 2.75) is 20.3 Å². The summed E-state index contributed by atoms with van der Waals surface area (Å²) < 4.78 is 18.9. The molecule has 1 aromatic rings. The molecule has 4 heteroatoms. The fourth-order valence-corrected chi connectivity index (χ4v) is 1.31.